The lowest BCUT2D eigenvalue weighted by molar-refractivity contribution is -0.696. The average molecular weight is 1090 g/mol. The number of amides is 1. The molecule has 27 nitrogen and oxygen atoms in total. The molecule has 0 radical (unpaired) electrons. The summed E-state index contributed by atoms with van der Waals surface area (Å²) < 4.78 is 91.9. The van der Waals surface area contributed by atoms with E-state index in [-0.39, 0.29) is 23.7 Å². The standard InChI is InChI=1S/C41H57N8O19P3S/c1-2-48(30-13-12-29-23-31(41(53)66-32(29)24-30)28-14-20-47(21-15-28)18-10-22-72(61,62)63)19-9-5-6-11-34(50)42-16-7-3-4-8-17-43-38-35-39(45-26-44-38)49(27-46-35)40-37(52)36(51)33(65-40)25-64-70(57,58)68-71(59,60)67-69(54,55)56/h12-15,20-21,23-24,26-27,33,36-37,40,51-52H,2-11,16-19,22,25H2,1H3,(H6-,42,43,44,45,50,54,55,56,57,58,59,60,61,62,63)/p+1/t33-,36-,37-,40-/m1/s1. The molecule has 5 heterocycles. The highest BCUT2D eigenvalue weighted by Gasteiger charge is 2.47. The van der Waals surface area contributed by atoms with E-state index in [2.05, 4.69) is 43.6 Å². The van der Waals surface area contributed by atoms with Gasteiger partial charge >= 0.3 is 29.1 Å². The summed E-state index contributed by atoms with van der Waals surface area (Å²) in [6.07, 6.45) is 6.18. The molecule has 1 amide bonds. The summed E-state index contributed by atoms with van der Waals surface area (Å²) in [5, 5.41) is 28.2. The Bertz CT molecular complexity index is 2960. The Labute approximate surface area is 412 Å². The molecule has 72 heavy (non-hydrogen) atoms. The SMILES string of the molecule is CCN(CCCCCC(=O)NCCCCCCNc1ncnc2c1ncn2[C@@H]1O[C@H](COP(=O)(O)OP(=O)(O)OP(=O)(O)O)[C@@H](O)[C@H]1O)c1ccc2cc(-c3cc[n+](CCCS(=O)(=O)O)cc3)c(=O)oc2c1. The minimum atomic E-state index is -5.77. The van der Waals surface area contributed by atoms with Gasteiger partial charge in [-0.25, -0.2) is 38.0 Å². The zero-order valence-corrected chi connectivity index (χ0v) is 42.4. The van der Waals surface area contributed by atoms with Crippen LogP contribution in [-0.4, -0.2) is 125 Å². The second-order valence-corrected chi connectivity index (χ2v) is 22.7. The molecule has 0 saturated carbocycles. The molecular formula is C41H58N8O19P3S+. The maximum atomic E-state index is 13.0. The number of aliphatic hydroxyl groups excluding tert-OH is 2. The fourth-order valence-electron chi connectivity index (χ4n) is 7.81. The Hall–Kier alpha value is -4.60. The van der Waals surface area contributed by atoms with Crippen molar-refractivity contribution in [3.05, 3.63) is 71.9 Å². The predicted octanol–water partition coefficient (Wildman–Crippen LogP) is 3.30. The van der Waals surface area contributed by atoms with E-state index in [1.165, 1.54) is 17.2 Å². The van der Waals surface area contributed by atoms with Gasteiger partial charge in [-0.05, 0) is 50.8 Å². The third-order valence-corrected chi connectivity index (χ3v) is 15.9. The van der Waals surface area contributed by atoms with Crippen LogP contribution in [0.4, 0.5) is 11.5 Å². The Kier molecular flexibility index (Phi) is 19.8. The first kappa shape index (κ1) is 56.7. The minimum Gasteiger partial charge on any atom is -0.422 e. The fraction of sp³-hybridized carbons (Fsp3) is 0.512. The highest BCUT2D eigenvalue weighted by molar-refractivity contribution is 7.85. The van der Waals surface area contributed by atoms with Crippen LogP contribution in [0.2, 0.25) is 0 Å². The van der Waals surface area contributed by atoms with E-state index in [1.54, 1.807) is 35.2 Å². The second kappa shape index (κ2) is 25.1. The number of pyridine rings is 1. The molecule has 1 saturated heterocycles. The number of benzene rings is 1. The lowest BCUT2D eigenvalue weighted by atomic mass is 10.1. The van der Waals surface area contributed by atoms with Gasteiger partial charge in [-0.1, -0.05) is 19.3 Å². The van der Waals surface area contributed by atoms with Crippen LogP contribution in [0.15, 0.2) is 70.7 Å². The van der Waals surface area contributed by atoms with Gasteiger partial charge in [0.1, 0.15) is 36.8 Å². The average Bonchev–Trinajstić information content (AvgIpc) is 3.85. The van der Waals surface area contributed by atoms with E-state index in [9.17, 15) is 51.7 Å². The lowest BCUT2D eigenvalue weighted by Gasteiger charge is -2.23. The first-order valence-electron chi connectivity index (χ1n) is 22.8. The normalized spacial score (nSPS) is 19.1. The molecule has 6 rings (SSSR count). The number of nitrogens with zero attached hydrogens (tertiary/aromatic N) is 6. The van der Waals surface area contributed by atoms with Crippen molar-refractivity contribution in [3.63, 3.8) is 0 Å². The van der Waals surface area contributed by atoms with Gasteiger partial charge in [0, 0.05) is 73.9 Å². The number of anilines is 2. The van der Waals surface area contributed by atoms with Gasteiger partial charge in [0.25, 0.3) is 10.1 Å². The van der Waals surface area contributed by atoms with Crippen LogP contribution in [-0.2, 0) is 53.0 Å². The molecule has 1 aliphatic heterocycles. The number of aryl methyl sites for hydroxylation is 1. The van der Waals surface area contributed by atoms with Gasteiger partial charge < -0.3 is 54.5 Å². The fourth-order valence-corrected chi connectivity index (χ4v) is 11.3. The largest absolute Gasteiger partial charge is 0.490 e. The maximum absolute atomic E-state index is 13.0. The molecule has 396 valence electrons. The zero-order chi connectivity index (χ0) is 52.3. The van der Waals surface area contributed by atoms with Crippen molar-refractivity contribution in [3.8, 4) is 11.1 Å². The van der Waals surface area contributed by atoms with Gasteiger partial charge in [0.2, 0.25) is 5.91 Å². The van der Waals surface area contributed by atoms with Gasteiger partial charge in [0.05, 0.1) is 24.3 Å². The number of imidazole rings is 1. The third-order valence-electron chi connectivity index (χ3n) is 11.3. The summed E-state index contributed by atoms with van der Waals surface area (Å²) in [5.41, 5.74) is 2.46. The Morgan fingerprint density at radius 1 is 0.889 bits per heavy atom. The molecule has 1 aromatic carbocycles. The van der Waals surface area contributed by atoms with Crippen LogP contribution in [0.1, 0.15) is 70.9 Å². The smallest absolute Gasteiger partial charge is 0.422 e. The molecule has 1 aliphatic rings. The number of ether oxygens (including phenoxy) is 1. The number of nitrogens with one attached hydrogen (secondary N) is 2. The number of aliphatic hydroxyl groups is 2. The number of phosphoric acid groups is 3. The number of rotatable bonds is 29. The van der Waals surface area contributed by atoms with E-state index < -0.39 is 70.4 Å². The van der Waals surface area contributed by atoms with Crippen molar-refractivity contribution in [2.75, 3.05) is 48.8 Å². The van der Waals surface area contributed by atoms with Gasteiger partial charge in [0.15, 0.2) is 35.6 Å². The molecule has 2 unspecified atom stereocenters. The summed E-state index contributed by atoms with van der Waals surface area (Å²) >= 11 is 0. The molecule has 31 heteroatoms. The second-order valence-electron chi connectivity index (χ2n) is 16.7. The number of carbonyl (C=O) groups excluding carboxylic acids is 1. The van der Waals surface area contributed by atoms with Crippen LogP contribution < -0.4 is 25.7 Å². The van der Waals surface area contributed by atoms with Crippen molar-refractivity contribution < 1.29 is 88.1 Å². The summed E-state index contributed by atoms with van der Waals surface area (Å²) in [4.78, 5) is 77.0. The Morgan fingerprint density at radius 2 is 1.61 bits per heavy atom. The third kappa shape index (κ3) is 16.7. The van der Waals surface area contributed by atoms with Crippen LogP contribution >= 0.6 is 23.5 Å². The molecule has 9 N–H and O–H groups in total. The van der Waals surface area contributed by atoms with E-state index in [0.29, 0.717) is 54.1 Å². The summed E-state index contributed by atoms with van der Waals surface area (Å²) in [6, 6.07) is 11.1. The highest BCUT2D eigenvalue weighted by Crippen LogP contribution is 2.66. The number of hydrogen-bond acceptors (Lipinski definition) is 19. The van der Waals surface area contributed by atoms with Crippen molar-refractivity contribution in [1.82, 2.24) is 24.8 Å². The van der Waals surface area contributed by atoms with Gasteiger partial charge in [-0.15, -0.1) is 0 Å². The maximum Gasteiger partial charge on any atom is 0.490 e. The number of phosphoric ester groups is 1. The van der Waals surface area contributed by atoms with Crippen LogP contribution in [0.5, 0.6) is 0 Å². The Balaban J connectivity index is 0.849. The monoisotopic (exact) mass is 1090 g/mol. The molecule has 6 atom stereocenters. The highest BCUT2D eigenvalue weighted by atomic mass is 32.2. The lowest BCUT2D eigenvalue weighted by Crippen LogP contribution is -2.33. The Morgan fingerprint density at radius 3 is 2.32 bits per heavy atom. The topological polar surface area (TPSA) is 386 Å². The van der Waals surface area contributed by atoms with E-state index in [4.69, 9.17) is 23.5 Å². The molecule has 0 bridgehead atoms. The zero-order valence-electron chi connectivity index (χ0n) is 38.9. The van der Waals surface area contributed by atoms with Crippen molar-refractivity contribution in [2.24, 2.45) is 0 Å². The van der Waals surface area contributed by atoms with Crippen LogP contribution in [0.25, 0.3) is 33.3 Å². The van der Waals surface area contributed by atoms with Gasteiger partial charge in [-0.2, -0.15) is 17.0 Å². The van der Waals surface area contributed by atoms with E-state index in [0.717, 1.165) is 69.1 Å². The van der Waals surface area contributed by atoms with Crippen LogP contribution in [0, 0.1) is 0 Å². The summed E-state index contributed by atoms with van der Waals surface area (Å²) in [5.74, 6) is 0.0325. The number of carbonyl (C=O) groups is 1. The number of unbranched alkanes of at least 4 members (excludes halogenated alkanes) is 5. The quantitative estimate of drug-likeness (QED) is 0.0109. The molecule has 4 aromatic heterocycles. The summed E-state index contributed by atoms with van der Waals surface area (Å²) in [7, 11) is -20.9. The molecule has 0 aliphatic carbocycles. The van der Waals surface area contributed by atoms with Gasteiger partial charge in [-0.3, -0.25) is 18.4 Å². The van der Waals surface area contributed by atoms with Crippen molar-refractivity contribution in [1.29, 1.82) is 0 Å². The van der Waals surface area contributed by atoms with Crippen LogP contribution in [0.3, 0.4) is 0 Å². The minimum absolute atomic E-state index is 0.00532. The number of hydrogen-bond donors (Lipinski definition) is 9. The molecule has 5 aromatic rings. The molecule has 0 spiro atoms. The molecular weight excluding hydrogens is 1030 g/mol. The molecule has 1 fully saturated rings. The van der Waals surface area contributed by atoms with Crippen molar-refractivity contribution >= 4 is 73.1 Å². The van der Waals surface area contributed by atoms with Crippen molar-refractivity contribution in [2.45, 2.75) is 95.8 Å². The first-order chi connectivity index (χ1) is 34.0. The number of fused-ring (bicyclic) bond motifs is 2. The van der Waals surface area contributed by atoms with E-state index >= 15 is 0 Å². The summed E-state index contributed by atoms with van der Waals surface area (Å²) in [6.45, 7) is 4.01. The number of aromatic nitrogens is 5. The predicted molar refractivity (Wildman–Crippen MR) is 257 cm³/mol. The van der Waals surface area contributed by atoms with E-state index in [1.807, 2.05) is 25.1 Å². The first-order valence-corrected chi connectivity index (χ1v) is 28.9.